The molecule has 2 aliphatic rings. The number of piperidine rings is 1. The number of likely N-dealkylation sites (tertiary alicyclic amines) is 2. The number of amides is 2. The third-order valence-electron chi connectivity index (χ3n) is 5.90. The number of furan rings is 1. The molecule has 8 nitrogen and oxygen atoms in total. The number of rotatable bonds is 3. The molecular weight excluding hydrogens is 443 g/mol. The summed E-state index contributed by atoms with van der Waals surface area (Å²) in [6.45, 7) is 3.80. The minimum Gasteiger partial charge on any atom is -0.475 e. The van der Waals surface area contributed by atoms with Crippen molar-refractivity contribution in [3.63, 3.8) is 0 Å². The van der Waals surface area contributed by atoms with Crippen molar-refractivity contribution >= 4 is 17.8 Å². The van der Waals surface area contributed by atoms with Gasteiger partial charge in [0, 0.05) is 30.7 Å². The molecule has 0 radical (unpaired) electrons. The molecule has 4 rings (SSSR count). The minimum atomic E-state index is -5.08. The monoisotopic (exact) mass is 467 g/mol. The molecule has 2 amide bonds. The van der Waals surface area contributed by atoms with E-state index in [-0.39, 0.29) is 17.4 Å². The molecular formula is C22H24F3N3O5. The Labute approximate surface area is 188 Å². The maximum Gasteiger partial charge on any atom is 0.490 e. The summed E-state index contributed by atoms with van der Waals surface area (Å²) in [6, 6.07) is 9.34. The third kappa shape index (κ3) is 5.71. The number of carbonyl (C=O) groups excluding carboxylic acids is 2. The number of nitrogens with zero attached hydrogens (tertiary/aromatic N) is 3. The highest BCUT2D eigenvalue weighted by Crippen LogP contribution is 2.40. The van der Waals surface area contributed by atoms with E-state index >= 15 is 0 Å². The van der Waals surface area contributed by atoms with Crippen molar-refractivity contribution < 1.29 is 37.1 Å². The first kappa shape index (κ1) is 24.3. The molecule has 0 unspecified atom stereocenters. The number of hydrogen-bond acceptors (Lipinski definition) is 5. The van der Waals surface area contributed by atoms with Crippen LogP contribution in [0.15, 0.2) is 41.0 Å². The number of alkyl halides is 3. The molecule has 11 heteroatoms. The number of hydrogen-bond donors (Lipinski definition) is 1. The predicted octanol–water partition coefficient (Wildman–Crippen LogP) is 3.41. The summed E-state index contributed by atoms with van der Waals surface area (Å²) in [4.78, 5) is 42.3. The van der Waals surface area contributed by atoms with Crippen LogP contribution in [0.1, 0.15) is 47.6 Å². The van der Waals surface area contributed by atoms with Crippen LogP contribution in [0.5, 0.6) is 0 Å². The van der Waals surface area contributed by atoms with Crippen LogP contribution >= 0.6 is 0 Å². The minimum absolute atomic E-state index is 0.0684. The van der Waals surface area contributed by atoms with Crippen molar-refractivity contribution in [3.05, 3.63) is 53.7 Å². The van der Waals surface area contributed by atoms with Gasteiger partial charge in [-0.2, -0.15) is 13.2 Å². The van der Waals surface area contributed by atoms with Gasteiger partial charge in [0.15, 0.2) is 5.76 Å². The summed E-state index contributed by atoms with van der Waals surface area (Å²) in [5.41, 5.74) is 1.73. The first-order valence-corrected chi connectivity index (χ1v) is 10.4. The van der Waals surface area contributed by atoms with Gasteiger partial charge >= 0.3 is 12.1 Å². The van der Waals surface area contributed by atoms with E-state index in [2.05, 4.69) is 4.98 Å². The largest absolute Gasteiger partial charge is 0.490 e. The van der Waals surface area contributed by atoms with Crippen LogP contribution in [0.4, 0.5) is 13.2 Å². The van der Waals surface area contributed by atoms with Crippen molar-refractivity contribution in [2.45, 2.75) is 50.9 Å². The van der Waals surface area contributed by atoms with Gasteiger partial charge in [0.05, 0.1) is 18.5 Å². The zero-order valence-electron chi connectivity index (χ0n) is 18.0. The fourth-order valence-electron chi connectivity index (χ4n) is 4.18. The summed E-state index contributed by atoms with van der Waals surface area (Å²) in [5, 5.41) is 7.12. The molecule has 0 bridgehead atoms. The highest BCUT2D eigenvalue weighted by atomic mass is 19.4. The SMILES string of the molecule is Cc1cccc(CN2C(=O)CCC23CCN(C(=O)c2ccco2)CC3)n1.O=C(O)C(F)(F)F. The molecule has 4 heterocycles. The zero-order chi connectivity index (χ0) is 24.2. The van der Waals surface area contributed by atoms with Crippen molar-refractivity contribution in [2.75, 3.05) is 13.1 Å². The van der Waals surface area contributed by atoms with Gasteiger partial charge in [-0.3, -0.25) is 14.6 Å². The quantitative estimate of drug-likeness (QED) is 0.742. The summed E-state index contributed by atoms with van der Waals surface area (Å²) in [6.07, 6.45) is -0.517. The number of carbonyl (C=O) groups is 3. The first-order chi connectivity index (χ1) is 15.5. The van der Waals surface area contributed by atoms with E-state index in [9.17, 15) is 22.8 Å². The molecule has 0 atom stereocenters. The van der Waals surface area contributed by atoms with Gasteiger partial charge in [-0.25, -0.2) is 4.79 Å². The molecule has 0 saturated carbocycles. The second-order valence-electron chi connectivity index (χ2n) is 8.05. The summed E-state index contributed by atoms with van der Waals surface area (Å²) in [7, 11) is 0. The lowest BCUT2D eigenvalue weighted by Gasteiger charge is -2.44. The first-order valence-electron chi connectivity index (χ1n) is 10.4. The van der Waals surface area contributed by atoms with Gasteiger partial charge in [0.2, 0.25) is 5.91 Å². The number of aliphatic carboxylic acids is 1. The fraction of sp³-hybridized carbons (Fsp3) is 0.455. The van der Waals surface area contributed by atoms with Gasteiger partial charge in [0.25, 0.3) is 5.91 Å². The maximum atomic E-state index is 12.5. The van der Waals surface area contributed by atoms with Crippen molar-refractivity contribution in [1.29, 1.82) is 0 Å². The number of carboxylic acids is 1. The van der Waals surface area contributed by atoms with E-state index in [0.717, 1.165) is 30.7 Å². The Morgan fingerprint density at radius 2 is 1.82 bits per heavy atom. The van der Waals surface area contributed by atoms with Crippen molar-refractivity contribution in [3.8, 4) is 0 Å². The molecule has 1 N–H and O–H groups in total. The number of aryl methyl sites for hydroxylation is 1. The molecule has 33 heavy (non-hydrogen) atoms. The lowest BCUT2D eigenvalue weighted by molar-refractivity contribution is -0.192. The standard InChI is InChI=1S/C20H23N3O3.C2HF3O2/c1-15-4-2-5-16(21-15)14-23-18(24)7-8-20(23)9-11-22(12-10-20)19(25)17-6-3-13-26-17;3-2(4,5)1(6)7/h2-6,13H,7-12,14H2,1H3;(H,6,7). The second-order valence-corrected chi connectivity index (χ2v) is 8.05. The molecule has 0 aromatic carbocycles. The van der Waals surface area contributed by atoms with Gasteiger partial charge in [0.1, 0.15) is 0 Å². The topological polar surface area (TPSA) is 104 Å². The highest BCUT2D eigenvalue weighted by molar-refractivity contribution is 5.91. The van der Waals surface area contributed by atoms with Crippen LogP contribution in [0, 0.1) is 6.92 Å². The number of pyridine rings is 1. The van der Waals surface area contributed by atoms with E-state index in [1.807, 2.05) is 34.9 Å². The Bertz CT molecular complexity index is 999. The number of carboxylic acid groups (broad SMARTS) is 1. The Balaban J connectivity index is 0.000000383. The molecule has 0 aliphatic carbocycles. The molecule has 2 saturated heterocycles. The third-order valence-corrected chi connectivity index (χ3v) is 5.90. The molecule has 178 valence electrons. The average molecular weight is 467 g/mol. The Kier molecular flexibility index (Phi) is 7.09. The lowest BCUT2D eigenvalue weighted by atomic mass is 9.84. The zero-order valence-corrected chi connectivity index (χ0v) is 18.0. The van der Waals surface area contributed by atoms with Crippen molar-refractivity contribution in [1.82, 2.24) is 14.8 Å². The van der Waals surface area contributed by atoms with Crippen LogP contribution < -0.4 is 0 Å². The molecule has 2 aliphatic heterocycles. The van der Waals surface area contributed by atoms with Crippen LogP contribution in [-0.4, -0.2) is 62.5 Å². The Hall–Kier alpha value is -3.37. The van der Waals surface area contributed by atoms with E-state index in [4.69, 9.17) is 14.3 Å². The summed E-state index contributed by atoms with van der Waals surface area (Å²) < 4.78 is 37.0. The van der Waals surface area contributed by atoms with Gasteiger partial charge in [-0.1, -0.05) is 6.07 Å². The molecule has 1 spiro atoms. The number of aromatic nitrogens is 1. The highest BCUT2D eigenvalue weighted by Gasteiger charge is 2.47. The molecule has 2 aromatic heterocycles. The van der Waals surface area contributed by atoms with Crippen LogP contribution in [0.2, 0.25) is 0 Å². The van der Waals surface area contributed by atoms with E-state index in [0.29, 0.717) is 31.8 Å². The molecule has 2 aromatic rings. The van der Waals surface area contributed by atoms with Crippen molar-refractivity contribution in [2.24, 2.45) is 0 Å². The van der Waals surface area contributed by atoms with Crippen LogP contribution in [0.3, 0.4) is 0 Å². The lowest BCUT2D eigenvalue weighted by Crippen LogP contribution is -2.53. The van der Waals surface area contributed by atoms with E-state index in [1.54, 1.807) is 12.1 Å². The summed E-state index contributed by atoms with van der Waals surface area (Å²) >= 11 is 0. The second kappa shape index (κ2) is 9.63. The average Bonchev–Trinajstić information content (AvgIpc) is 3.39. The maximum absolute atomic E-state index is 12.5. The Morgan fingerprint density at radius 3 is 2.36 bits per heavy atom. The van der Waals surface area contributed by atoms with Crippen LogP contribution in [-0.2, 0) is 16.1 Å². The van der Waals surface area contributed by atoms with Gasteiger partial charge in [-0.15, -0.1) is 0 Å². The predicted molar refractivity (Wildman–Crippen MR) is 109 cm³/mol. The van der Waals surface area contributed by atoms with E-state index in [1.165, 1.54) is 6.26 Å². The summed E-state index contributed by atoms with van der Waals surface area (Å²) in [5.74, 6) is -2.25. The Morgan fingerprint density at radius 1 is 1.15 bits per heavy atom. The van der Waals surface area contributed by atoms with Crippen LogP contribution in [0.25, 0.3) is 0 Å². The number of halogens is 3. The molecule has 2 fully saturated rings. The normalized spacial score (nSPS) is 17.6. The van der Waals surface area contributed by atoms with Gasteiger partial charge in [-0.05, 0) is 50.5 Å². The smallest absolute Gasteiger partial charge is 0.475 e. The van der Waals surface area contributed by atoms with Gasteiger partial charge < -0.3 is 19.3 Å². The fourth-order valence-corrected chi connectivity index (χ4v) is 4.18. The van der Waals surface area contributed by atoms with E-state index < -0.39 is 12.1 Å².